The van der Waals surface area contributed by atoms with Crippen molar-refractivity contribution in [1.29, 1.82) is 0 Å². The van der Waals surface area contributed by atoms with E-state index in [1.165, 1.54) is 4.90 Å². The van der Waals surface area contributed by atoms with Gasteiger partial charge in [0.15, 0.2) is 0 Å². The second-order valence-electron chi connectivity index (χ2n) is 7.81. The van der Waals surface area contributed by atoms with Crippen LogP contribution in [0.25, 0.3) is 5.57 Å². The minimum Gasteiger partial charge on any atom is -0.286 e. The first-order valence-corrected chi connectivity index (χ1v) is 10.6. The van der Waals surface area contributed by atoms with Gasteiger partial charge in [-0.15, -0.1) is 0 Å². The van der Waals surface area contributed by atoms with Crippen molar-refractivity contribution in [2.75, 3.05) is 13.1 Å². The zero-order valence-electron chi connectivity index (χ0n) is 17.5. The van der Waals surface area contributed by atoms with E-state index in [0.717, 1.165) is 16.7 Å². The molecule has 2 amide bonds. The van der Waals surface area contributed by atoms with Crippen LogP contribution in [-0.4, -0.2) is 40.7 Å². The van der Waals surface area contributed by atoms with Crippen molar-refractivity contribution in [1.82, 2.24) is 9.80 Å². The van der Waals surface area contributed by atoms with E-state index >= 15 is 0 Å². The molecule has 31 heavy (non-hydrogen) atoms. The Kier molecular flexibility index (Phi) is 6.39. The summed E-state index contributed by atoms with van der Waals surface area (Å²) in [5, 5.41) is 0. The van der Waals surface area contributed by atoms with Crippen LogP contribution >= 0.6 is 0 Å². The number of carbonyl (C=O) groups excluding carboxylic acids is 2. The Bertz CT molecular complexity index is 1050. The number of piperazine rings is 1. The maximum Gasteiger partial charge on any atom is 0.260 e. The quantitative estimate of drug-likeness (QED) is 0.556. The molecule has 1 fully saturated rings. The number of nitrogens with zero attached hydrogens (tertiary/aromatic N) is 2. The molecule has 0 aliphatic carbocycles. The summed E-state index contributed by atoms with van der Waals surface area (Å²) in [6, 6.07) is 28.6. The minimum absolute atomic E-state index is 0.159. The summed E-state index contributed by atoms with van der Waals surface area (Å²) < 4.78 is 0. The summed E-state index contributed by atoms with van der Waals surface area (Å²) in [5.41, 5.74) is 3.59. The van der Waals surface area contributed by atoms with Gasteiger partial charge >= 0.3 is 0 Å². The van der Waals surface area contributed by atoms with Crippen LogP contribution in [0.3, 0.4) is 0 Å². The first kappa shape index (κ1) is 20.8. The normalized spacial score (nSPS) is 16.8. The molecule has 1 aliphatic heterocycles. The molecule has 3 aromatic rings. The van der Waals surface area contributed by atoms with Gasteiger partial charge in [0.1, 0.15) is 0 Å². The van der Waals surface area contributed by atoms with E-state index in [2.05, 4.69) is 23.6 Å². The number of rotatable bonds is 6. The third-order valence-electron chi connectivity index (χ3n) is 5.72. The fourth-order valence-electron chi connectivity index (χ4n) is 4.02. The molecule has 4 heteroatoms. The molecule has 1 heterocycles. The molecule has 0 radical (unpaired) electrons. The summed E-state index contributed by atoms with van der Waals surface area (Å²) in [5.74, 6) is -0.395. The Morgan fingerprint density at radius 1 is 0.806 bits per heavy atom. The highest BCUT2D eigenvalue weighted by Crippen LogP contribution is 2.26. The van der Waals surface area contributed by atoms with Crippen molar-refractivity contribution in [3.63, 3.8) is 0 Å². The van der Waals surface area contributed by atoms with Crippen LogP contribution in [0.1, 0.15) is 27.9 Å². The molecule has 156 valence electrons. The van der Waals surface area contributed by atoms with Gasteiger partial charge in [-0.25, -0.2) is 0 Å². The standard InChI is InChI=1S/C27H26N2O2/c1-21(23-13-7-3-8-14-23)19-25-27(31)29(26(30)24-15-9-4-10-16-24)18-17-28(25)20-22-11-5-2-6-12-22/h2-16,25H,1,17-20H2/t25-/m0/s1. The van der Waals surface area contributed by atoms with E-state index in [1.807, 2.05) is 66.7 Å². The van der Waals surface area contributed by atoms with Gasteiger partial charge < -0.3 is 0 Å². The Balaban J connectivity index is 1.59. The van der Waals surface area contributed by atoms with E-state index in [4.69, 9.17) is 0 Å². The summed E-state index contributed by atoms with van der Waals surface area (Å²) in [4.78, 5) is 30.1. The average Bonchev–Trinajstić information content (AvgIpc) is 2.83. The Morgan fingerprint density at radius 3 is 1.97 bits per heavy atom. The molecule has 0 spiro atoms. The molecule has 0 unspecified atom stereocenters. The number of hydrogen-bond acceptors (Lipinski definition) is 3. The fourth-order valence-corrected chi connectivity index (χ4v) is 4.02. The number of hydrogen-bond donors (Lipinski definition) is 0. The summed E-state index contributed by atoms with van der Waals surface area (Å²) in [7, 11) is 0. The van der Waals surface area contributed by atoms with Crippen molar-refractivity contribution in [2.24, 2.45) is 0 Å². The molecule has 4 rings (SSSR count). The number of benzene rings is 3. The minimum atomic E-state index is -0.436. The Morgan fingerprint density at radius 2 is 1.35 bits per heavy atom. The van der Waals surface area contributed by atoms with Crippen molar-refractivity contribution < 1.29 is 9.59 Å². The second kappa shape index (κ2) is 9.54. The first-order chi connectivity index (χ1) is 15.1. The van der Waals surface area contributed by atoms with Gasteiger partial charge in [0.2, 0.25) is 5.91 Å². The van der Waals surface area contributed by atoms with Crippen LogP contribution in [-0.2, 0) is 11.3 Å². The Labute approximate surface area is 183 Å². The lowest BCUT2D eigenvalue weighted by Gasteiger charge is -2.40. The average molecular weight is 411 g/mol. The van der Waals surface area contributed by atoms with Crippen LogP contribution in [0.2, 0.25) is 0 Å². The van der Waals surface area contributed by atoms with E-state index in [-0.39, 0.29) is 11.8 Å². The van der Waals surface area contributed by atoms with Crippen molar-refractivity contribution in [2.45, 2.75) is 19.0 Å². The summed E-state index contributed by atoms with van der Waals surface area (Å²) in [6.07, 6.45) is 0.480. The van der Waals surface area contributed by atoms with Gasteiger partial charge in [0, 0.05) is 25.2 Å². The van der Waals surface area contributed by atoms with Crippen molar-refractivity contribution >= 4 is 17.4 Å². The van der Waals surface area contributed by atoms with Crippen LogP contribution in [0.4, 0.5) is 0 Å². The second-order valence-corrected chi connectivity index (χ2v) is 7.81. The SMILES string of the molecule is C=C(C[C@H]1C(=O)N(C(=O)c2ccccc2)CCN1Cc1ccccc1)c1ccccc1. The van der Waals surface area contributed by atoms with E-state index in [9.17, 15) is 9.59 Å². The summed E-state index contributed by atoms with van der Waals surface area (Å²) >= 11 is 0. The molecule has 0 aromatic heterocycles. The molecule has 3 aromatic carbocycles. The van der Waals surface area contributed by atoms with Gasteiger partial charge in [-0.1, -0.05) is 85.4 Å². The first-order valence-electron chi connectivity index (χ1n) is 10.6. The molecule has 0 saturated carbocycles. The molecule has 0 bridgehead atoms. The van der Waals surface area contributed by atoms with Crippen molar-refractivity contribution in [3.8, 4) is 0 Å². The maximum absolute atomic E-state index is 13.5. The monoisotopic (exact) mass is 410 g/mol. The van der Waals surface area contributed by atoms with Crippen LogP contribution in [0.5, 0.6) is 0 Å². The summed E-state index contributed by atoms with van der Waals surface area (Å²) in [6.45, 7) is 5.91. The van der Waals surface area contributed by atoms with E-state index < -0.39 is 6.04 Å². The zero-order valence-corrected chi connectivity index (χ0v) is 17.5. The molecule has 1 atom stereocenters. The highest BCUT2D eigenvalue weighted by atomic mass is 16.2. The molecule has 1 aliphatic rings. The van der Waals surface area contributed by atoms with Gasteiger partial charge in [0.05, 0.1) is 6.04 Å². The zero-order chi connectivity index (χ0) is 21.6. The number of imide groups is 1. The van der Waals surface area contributed by atoms with E-state index in [0.29, 0.717) is 31.6 Å². The van der Waals surface area contributed by atoms with Gasteiger partial charge in [-0.3, -0.25) is 19.4 Å². The third kappa shape index (κ3) is 4.81. The lowest BCUT2D eigenvalue weighted by atomic mass is 9.96. The van der Waals surface area contributed by atoms with Crippen LogP contribution in [0.15, 0.2) is 97.6 Å². The van der Waals surface area contributed by atoms with Gasteiger partial charge in [0.25, 0.3) is 5.91 Å². The topological polar surface area (TPSA) is 40.6 Å². The molecular formula is C27H26N2O2. The van der Waals surface area contributed by atoms with Gasteiger partial charge in [-0.05, 0) is 35.3 Å². The third-order valence-corrected chi connectivity index (χ3v) is 5.72. The van der Waals surface area contributed by atoms with E-state index in [1.54, 1.807) is 12.1 Å². The fraction of sp³-hybridized carbons (Fsp3) is 0.185. The molecule has 1 saturated heterocycles. The van der Waals surface area contributed by atoms with Crippen LogP contribution < -0.4 is 0 Å². The molecule has 0 N–H and O–H groups in total. The van der Waals surface area contributed by atoms with Crippen LogP contribution in [0, 0.1) is 0 Å². The number of carbonyl (C=O) groups is 2. The maximum atomic E-state index is 13.5. The Hall–Kier alpha value is -3.50. The van der Waals surface area contributed by atoms with Gasteiger partial charge in [-0.2, -0.15) is 0 Å². The van der Waals surface area contributed by atoms with Crippen molar-refractivity contribution in [3.05, 3.63) is 114 Å². The lowest BCUT2D eigenvalue weighted by molar-refractivity contribution is -0.138. The number of amides is 2. The predicted molar refractivity (Wildman–Crippen MR) is 123 cm³/mol. The largest absolute Gasteiger partial charge is 0.286 e. The molecular weight excluding hydrogens is 384 g/mol. The smallest absolute Gasteiger partial charge is 0.260 e. The predicted octanol–water partition coefficient (Wildman–Crippen LogP) is 4.64. The highest BCUT2D eigenvalue weighted by molar-refractivity contribution is 6.06. The highest BCUT2D eigenvalue weighted by Gasteiger charge is 2.38. The lowest BCUT2D eigenvalue weighted by Crippen LogP contribution is -2.58. The molecule has 4 nitrogen and oxygen atoms in total.